The van der Waals surface area contributed by atoms with Crippen molar-refractivity contribution in [2.45, 2.75) is 26.3 Å². The number of carbonyl (C=O) groups excluding carboxylic acids is 1. The number of nitrogens with zero attached hydrogens (tertiary/aromatic N) is 1. The molecule has 4 nitrogen and oxygen atoms in total. The molecule has 0 aliphatic carbocycles. The zero-order valence-electron chi connectivity index (χ0n) is 8.95. The van der Waals surface area contributed by atoms with Gasteiger partial charge in [-0.05, 0) is 13.5 Å². The van der Waals surface area contributed by atoms with Crippen LogP contribution in [0.15, 0.2) is 0 Å². The molecule has 0 aromatic heterocycles. The fourth-order valence-electron chi connectivity index (χ4n) is 1.20. The van der Waals surface area contributed by atoms with Crippen molar-refractivity contribution in [3.05, 3.63) is 0 Å². The number of carbonyl (C=O) groups is 1. The third-order valence-electron chi connectivity index (χ3n) is 2.14. The van der Waals surface area contributed by atoms with Crippen LogP contribution in [0.5, 0.6) is 0 Å². The molecule has 0 heterocycles. The van der Waals surface area contributed by atoms with Gasteiger partial charge in [0.05, 0.1) is 12.1 Å². The quantitative estimate of drug-likeness (QED) is 0.521. The molecule has 0 aromatic carbocycles. The van der Waals surface area contributed by atoms with E-state index in [1.807, 2.05) is 18.7 Å². The van der Waals surface area contributed by atoms with E-state index in [-0.39, 0.29) is 12.0 Å². The van der Waals surface area contributed by atoms with Crippen molar-refractivity contribution in [1.29, 1.82) is 0 Å². The zero-order chi connectivity index (χ0) is 11.1. The van der Waals surface area contributed by atoms with Crippen molar-refractivity contribution in [2.24, 2.45) is 5.73 Å². The molecule has 5 heteroatoms. The molecule has 0 saturated heterocycles. The van der Waals surface area contributed by atoms with Crippen molar-refractivity contribution in [1.82, 2.24) is 4.90 Å². The summed E-state index contributed by atoms with van der Waals surface area (Å²) in [5.74, 6) is -0.227. The number of methoxy groups -OCH3 is 1. The molecule has 0 aliphatic rings. The number of likely N-dealkylation sites (N-methyl/N-ethyl adjacent to an activating group) is 1. The molecule has 2 N–H and O–H groups in total. The van der Waals surface area contributed by atoms with Crippen LogP contribution < -0.4 is 5.73 Å². The Morgan fingerprint density at radius 3 is 2.57 bits per heavy atom. The summed E-state index contributed by atoms with van der Waals surface area (Å²) < 4.78 is 4.66. The summed E-state index contributed by atoms with van der Waals surface area (Å²) in [4.78, 5) is 13.7. The van der Waals surface area contributed by atoms with Gasteiger partial charge in [-0.25, -0.2) is 0 Å². The fourth-order valence-corrected chi connectivity index (χ4v) is 1.29. The van der Waals surface area contributed by atoms with Crippen LogP contribution in [0.1, 0.15) is 20.3 Å². The largest absolute Gasteiger partial charge is 0.468 e. The van der Waals surface area contributed by atoms with Crippen molar-refractivity contribution in [3.63, 3.8) is 0 Å². The van der Waals surface area contributed by atoms with Crippen molar-refractivity contribution in [2.75, 3.05) is 20.2 Å². The molecule has 0 fully saturated rings. The summed E-state index contributed by atoms with van der Waals surface area (Å²) in [5.41, 5.74) is 5.39. The molecule has 0 saturated carbocycles. The van der Waals surface area contributed by atoms with Gasteiger partial charge in [-0.2, -0.15) is 0 Å². The van der Waals surface area contributed by atoms with Gasteiger partial charge in [0.15, 0.2) is 0 Å². The Morgan fingerprint density at radius 2 is 2.21 bits per heavy atom. The highest BCUT2D eigenvalue weighted by atomic mass is 32.1. The SMILES string of the molecule is CCN(CCC(N)=S)C(C)C(=O)OC. The van der Waals surface area contributed by atoms with E-state index in [1.54, 1.807) is 0 Å². The Morgan fingerprint density at radius 1 is 1.64 bits per heavy atom. The monoisotopic (exact) mass is 218 g/mol. The lowest BCUT2D eigenvalue weighted by molar-refractivity contribution is -0.146. The third kappa shape index (κ3) is 4.53. The Kier molecular flexibility index (Phi) is 6.40. The minimum Gasteiger partial charge on any atom is -0.468 e. The lowest BCUT2D eigenvalue weighted by atomic mass is 10.2. The second-order valence-corrected chi connectivity index (χ2v) is 3.57. The number of nitrogens with two attached hydrogens (primary N) is 1. The number of thiocarbonyl (C=S) groups is 1. The topological polar surface area (TPSA) is 55.6 Å². The van der Waals surface area contributed by atoms with Gasteiger partial charge in [-0.15, -0.1) is 0 Å². The second-order valence-electron chi connectivity index (χ2n) is 3.04. The summed E-state index contributed by atoms with van der Waals surface area (Å²) in [6.07, 6.45) is 0.629. The molecule has 0 spiro atoms. The molecule has 82 valence electrons. The predicted octanol–water partition coefficient (Wildman–Crippen LogP) is 0.546. The molecule has 0 aliphatic heterocycles. The van der Waals surface area contributed by atoms with Gasteiger partial charge >= 0.3 is 5.97 Å². The van der Waals surface area contributed by atoms with E-state index < -0.39 is 0 Å². The van der Waals surface area contributed by atoms with Gasteiger partial charge in [0, 0.05) is 13.0 Å². The highest BCUT2D eigenvalue weighted by molar-refractivity contribution is 7.80. The van der Waals surface area contributed by atoms with E-state index in [9.17, 15) is 4.79 Å². The van der Waals surface area contributed by atoms with Gasteiger partial charge in [-0.1, -0.05) is 19.1 Å². The lowest BCUT2D eigenvalue weighted by Crippen LogP contribution is -2.41. The summed E-state index contributed by atoms with van der Waals surface area (Å²) in [5, 5.41) is 0. The first-order valence-electron chi connectivity index (χ1n) is 4.63. The zero-order valence-corrected chi connectivity index (χ0v) is 9.76. The molecule has 0 bridgehead atoms. The smallest absolute Gasteiger partial charge is 0.322 e. The Bertz CT molecular complexity index is 209. The first-order chi connectivity index (χ1) is 6.52. The van der Waals surface area contributed by atoms with Gasteiger partial charge in [0.25, 0.3) is 0 Å². The summed E-state index contributed by atoms with van der Waals surface area (Å²) >= 11 is 4.78. The molecular formula is C9H18N2O2S. The van der Waals surface area contributed by atoms with Crippen LogP contribution in [0.3, 0.4) is 0 Å². The van der Waals surface area contributed by atoms with E-state index in [0.29, 0.717) is 18.0 Å². The third-order valence-corrected chi connectivity index (χ3v) is 2.35. The normalized spacial score (nSPS) is 12.6. The van der Waals surface area contributed by atoms with Gasteiger partial charge in [0.1, 0.15) is 6.04 Å². The fraction of sp³-hybridized carbons (Fsp3) is 0.778. The Balaban J connectivity index is 4.11. The van der Waals surface area contributed by atoms with Crippen LogP contribution in [0.25, 0.3) is 0 Å². The molecular weight excluding hydrogens is 200 g/mol. The van der Waals surface area contributed by atoms with E-state index in [4.69, 9.17) is 18.0 Å². The van der Waals surface area contributed by atoms with E-state index in [1.165, 1.54) is 7.11 Å². The van der Waals surface area contributed by atoms with Crippen LogP contribution in [0, 0.1) is 0 Å². The molecule has 0 amide bonds. The van der Waals surface area contributed by atoms with Crippen LogP contribution in [-0.2, 0) is 9.53 Å². The van der Waals surface area contributed by atoms with Crippen molar-refractivity contribution < 1.29 is 9.53 Å². The van der Waals surface area contributed by atoms with Gasteiger partial charge in [-0.3, -0.25) is 9.69 Å². The van der Waals surface area contributed by atoms with Crippen LogP contribution >= 0.6 is 12.2 Å². The number of hydrogen-bond donors (Lipinski definition) is 1. The Hall–Kier alpha value is -0.680. The van der Waals surface area contributed by atoms with Crippen LogP contribution in [0.4, 0.5) is 0 Å². The molecule has 14 heavy (non-hydrogen) atoms. The lowest BCUT2D eigenvalue weighted by Gasteiger charge is -2.25. The first-order valence-corrected chi connectivity index (χ1v) is 5.03. The molecule has 0 radical (unpaired) electrons. The minimum atomic E-state index is -0.237. The van der Waals surface area contributed by atoms with E-state index in [2.05, 4.69) is 4.74 Å². The molecule has 0 rings (SSSR count). The summed E-state index contributed by atoms with van der Waals surface area (Å²) in [6.45, 7) is 5.27. The molecule has 0 aromatic rings. The average molecular weight is 218 g/mol. The van der Waals surface area contributed by atoms with Crippen molar-refractivity contribution >= 4 is 23.2 Å². The second kappa shape index (κ2) is 6.73. The number of esters is 1. The maximum atomic E-state index is 11.2. The number of rotatable bonds is 6. The average Bonchev–Trinajstić information content (AvgIpc) is 2.16. The highest BCUT2D eigenvalue weighted by Gasteiger charge is 2.19. The highest BCUT2D eigenvalue weighted by Crippen LogP contribution is 2.02. The van der Waals surface area contributed by atoms with Crippen LogP contribution in [-0.4, -0.2) is 42.1 Å². The summed E-state index contributed by atoms with van der Waals surface area (Å²) in [7, 11) is 1.39. The van der Waals surface area contributed by atoms with Gasteiger partial charge < -0.3 is 10.5 Å². The Labute approximate surface area is 90.4 Å². The standard InChI is InChI=1S/C9H18N2O2S/c1-4-11(6-5-8(10)14)7(2)9(12)13-3/h7H,4-6H2,1-3H3,(H2,10,14). The maximum absolute atomic E-state index is 11.2. The van der Waals surface area contributed by atoms with Crippen molar-refractivity contribution in [3.8, 4) is 0 Å². The van der Waals surface area contributed by atoms with Gasteiger partial charge in [0.2, 0.25) is 0 Å². The molecule has 1 unspecified atom stereocenters. The maximum Gasteiger partial charge on any atom is 0.322 e. The molecule has 1 atom stereocenters. The summed E-state index contributed by atoms with van der Waals surface area (Å²) in [6, 6.07) is -0.237. The minimum absolute atomic E-state index is 0.227. The predicted molar refractivity (Wildman–Crippen MR) is 60.1 cm³/mol. The van der Waals surface area contributed by atoms with E-state index in [0.717, 1.165) is 6.54 Å². The number of ether oxygens (including phenoxy) is 1. The van der Waals surface area contributed by atoms with Crippen LogP contribution in [0.2, 0.25) is 0 Å². The number of hydrogen-bond acceptors (Lipinski definition) is 4. The van der Waals surface area contributed by atoms with E-state index >= 15 is 0 Å². The first kappa shape index (κ1) is 13.3.